The van der Waals surface area contributed by atoms with Crippen molar-refractivity contribution >= 4 is 17.7 Å². The molecule has 2 aromatic heterocycles. The molecular weight excluding hydrogens is 371 g/mol. The average Bonchev–Trinajstić information content (AvgIpc) is 2.83. The molecule has 2 aromatic rings. The molecule has 0 saturated heterocycles. The minimum Gasteiger partial charge on any atom is -0.444 e. The van der Waals surface area contributed by atoms with Gasteiger partial charge in [0, 0.05) is 36.6 Å². The number of rotatable bonds is 3. The van der Waals surface area contributed by atoms with E-state index in [-0.39, 0.29) is 10.7 Å². The van der Waals surface area contributed by atoms with Crippen molar-refractivity contribution < 1.29 is 13.9 Å². The first kappa shape index (κ1) is 21.2. The lowest BCUT2D eigenvalue weighted by Crippen LogP contribution is -2.36. The maximum absolute atomic E-state index is 14.7. The molecule has 0 spiro atoms. The summed E-state index contributed by atoms with van der Waals surface area (Å²) in [7, 11) is 3.42. The number of carbonyl (C=O) groups excluding carboxylic acids is 1. The fraction of sp³-hybridized carbons (Fsp3) is 0.526. The first-order valence-corrected chi connectivity index (χ1v) is 9.03. The highest BCUT2D eigenvalue weighted by Gasteiger charge is 2.30. The van der Waals surface area contributed by atoms with Gasteiger partial charge < -0.3 is 9.64 Å². The third-order valence-corrected chi connectivity index (χ3v) is 4.61. The van der Waals surface area contributed by atoms with Crippen LogP contribution in [0.1, 0.15) is 50.7 Å². The van der Waals surface area contributed by atoms with Gasteiger partial charge in [-0.05, 0) is 47.6 Å². The van der Waals surface area contributed by atoms with Crippen LogP contribution in [0.4, 0.5) is 9.18 Å². The lowest BCUT2D eigenvalue weighted by atomic mass is 10.00. The zero-order valence-electron chi connectivity index (χ0n) is 17.0. The number of carbonyl (C=O) groups is 1. The molecule has 0 saturated carbocycles. The Balaban J connectivity index is 2.54. The van der Waals surface area contributed by atoms with Crippen molar-refractivity contribution in [3.8, 4) is 11.3 Å². The van der Waals surface area contributed by atoms with E-state index in [4.69, 9.17) is 16.3 Å². The van der Waals surface area contributed by atoms with Gasteiger partial charge in [0.05, 0.1) is 6.04 Å². The molecule has 27 heavy (non-hydrogen) atoms. The molecule has 6 nitrogen and oxygen atoms in total. The summed E-state index contributed by atoms with van der Waals surface area (Å²) in [4.78, 5) is 17.9. The van der Waals surface area contributed by atoms with Crippen molar-refractivity contribution in [3.63, 3.8) is 0 Å². The molecule has 0 aliphatic rings. The summed E-state index contributed by atoms with van der Waals surface area (Å²) in [5.74, 6) is -0.631. The number of nitrogens with zero attached hydrogens (tertiary/aromatic N) is 4. The summed E-state index contributed by atoms with van der Waals surface area (Å²) in [5.41, 5.74) is 2.21. The second kappa shape index (κ2) is 7.46. The summed E-state index contributed by atoms with van der Waals surface area (Å²) in [5, 5.41) is 4.27. The fourth-order valence-electron chi connectivity index (χ4n) is 2.80. The largest absolute Gasteiger partial charge is 0.444 e. The van der Waals surface area contributed by atoms with Crippen LogP contribution in [0.25, 0.3) is 11.3 Å². The third kappa shape index (κ3) is 4.40. The number of halogens is 2. The van der Waals surface area contributed by atoms with E-state index in [1.54, 1.807) is 52.5 Å². The molecule has 1 unspecified atom stereocenters. The molecule has 0 aromatic carbocycles. The number of hydrogen-bond acceptors (Lipinski definition) is 4. The van der Waals surface area contributed by atoms with Gasteiger partial charge in [0.2, 0.25) is 0 Å². The quantitative estimate of drug-likeness (QED) is 0.698. The Hall–Kier alpha value is -2.15. The first-order chi connectivity index (χ1) is 12.3. The normalized spacial score (nSPS) is 12.8. The van der Waals surface area contributed by atoms with E-state index in [2.05, 4.69) is 10.1 Å². The lowest BCUT2D eigenvalue weighted by Gasteiger charge is -2.29. The van der Waals surface area contributed by atoms with E-state index in [0.717, 1.165) is 11.3 Å². The Morgan fingerprint density at radius 2 is 1.96 bits per heavy atom. The zero-order chi connectivity index (χ0) is 20.7. The lowest BCUT2D eigenvalue weighted by molar-refractivity contribution is 0.0234. The predicted molar refractivity (Wildman–Crippen MR) is 103 cm³/mol. The van der Waals surface area contributed by atoms with Crippen molar-refractivity contribution in [2.24, 2.45) is 7.05 Å². The smallest absolute Gasteiger partial charge is 0.410 e. The van der Waals surface area contributed by atoms with Crippen molar-refractivity contribution in [2.75, 3.05) is 7.05 Å². The molecule has 1 atom stereocenters. The van der Waals surface area contributed by atoms with Crippen LogP contribution in [0.3, 0.4) is 0 Å². The molecule has 8 heteroatoms. The molecule has 0 bridgehead atoms. The van der Waals surface area contributed by atoms with Gasteiger partial charge in [-0.3, -0.25) is 4.68 Å². The van der Waals surface area contributed by atoms with Gasteiger partial charge in [-0.25, -0.2) is 14.2 Å². The summed E-state index contributed by atoms with van der Waals surface area (Å²) >= 11 is 5.93. The SMILES string of the molecule is Cc1cc(-c2nn(C)c(C)c2C(C)N(C)C(=O)OC(C)(C)C)c(F)c(Cl)n1. The zero-order valence-corrected chi connectivity index (χ0v) is 17.8. The number of aromatic nitrogens is 3. The monoisotopic (exact) mass is 396 g/mol. The van der Waals surface area contributed by atoms with E-state index in [0.29, 0.717) is 11.4 Å². The molecule has 148 valence electrons. The Morgan fingerprint density at radius 1 is 1.37 bits per heavy atom. The second-order valence-corrected chi connectivity index (χ2v) is 8.01. The number of amides is 1. The van der Waals surface area contributed by atoms with Crippen LogP contribution >= 0.6 is 11.6 Å². The van der Waals surface area contributed by atoms with E-state index >= 15 is 0 Å². The van der Waals surface area contributed by atoms with Crippen LogP contribution in [-0.2, 0) is 11.8 Å². The molecule has 0 fully saturated rings. The van der Waals surface area contributed by atoms with Gasteiger partial charge in [0.1, 0.15) is 11.3 Å². The van der Waals surface area contributed by atoms with E-state index in [9.17, 15) is 9.18 Å². The van der Waals surface area contributed by atoms with Crippen molar-refractivity contribution in [2.45, 2.75) is 53.2 Å². The van der Waals surface area contributed by atoms with Gasteiger partial charge in [0.15, 0.2) is 11.0 Å². The summed E-state index contributed by atoms with van der Waals surface area (Å²) in [6, 6.07) is 1.21. The number of aryl methyl sites for hydroxylation is 2. The first-order valence-electron chi connectivity index (χ1n) is 8.65. The summed E-state index contributed by atoms with van der Waals surface area (Å²) in [6.45, 7) is 10.9. The van der Waals surface area contributed by atoms with E-state index in [1.807, 2.05) is 13.8 Å². The summed E-state index contributed by atoms with van der Waals surface area (Å²) < 4.78 is 21.8. The maximum Gasteiger partial charge on any atom is 0.410 e. The van der Waals surface area contributed by atoms with Crippen LogP contribution in [0.15, 0.2) is 6.07 Å². The van der Waals surface area contributed by atoms with Crippen molar-refractivity contribution in [1.82, 2.24) is 19.7 Å². The van der Waals surface area contributed by atoms with Crippen molar-refractivity contribution in [3.05, 3.63) is 34.0 Å². The average molecular weight is 397 g/mol. The molecule has 0 radical (unpaired) electrons. The van der Waals surface area contributed by atoms with Crippen molar-refractivity contribution in [1.29, 1.82) is 0 Å². The third-order valence-electron chi connectivity index (χ3n) is 4.36. The molecule has 2 rings (SSSR count). The van der Waals surface area contributed by atoms with E-state index < -0.39 is 23.6 Å². The van der Waals surface area contributed by atoms with Crippen LogP contribution in [0, 0.1) is 19.7 Å². The molecular formula is C19H26ClFN4O2. The molecule has 0 aliphatic carbocycles. The predicted octanol–water partition coefficient (Wildman–Crippen LogP) is 4.82. The fourth-order valence-corrected chi connectivity index (χ4v) is 3.04. The van der Waals surface area contributed by atoms with Crippen LogP contribution in [-0.4, -0.2) is 38.4 Å². The minimum absolute atomic E-state index is 0.201. The van der Waals surface area contributed by atoms with Gasteiger partial charge >= 0.3 is 6.09 Å². The molecule has 2 heterocycles. The van der Waals surface area contributed by atoms with Gasteiger partial charge in [-0.15, -0.1) is 0 Å². The molecule has 0 N–H and O–H groups in total. The number of hydrogen-bond donors (Lipinski definition) is 0. The molecule has 0 aliphatic heterocycles. The van der Waals surface area contributed by atoms with Crippen LogP contribution < -0.4 is 0 Å². The Labute approximate surface area is 164 Å². The van der Waals surface area contributed by atoms with E-state index in [1.165, 1.54) is 4.90 Å². The van der Waals surface area contributed by atoms with Gasteiger partial charge in [0.25, 0.3) is 0 Å². The number of ether oxygens (including phenoxy) is 1. The molecule has 1 amide bonds. The summed E-state index contributed by atoms with van der Waals surface area (Å²) in [6.07, 6.45) is -0.464. The van der Waals surface area contributed by atoms with Gasteiger partial charge in [-0.2, -0.15) is 5.10 Å². The standard InChI is InChI=1S/C19H26ClFN4O2/c1-10-9-13(15(21)17(20)22-10)16-14(12(3)25(8)23-16)11(2)24(7)18(26)27-19(4,5)6/h9,11H,1-8H3. The number of pyridine rings is 1. The Bertz CT molecular complexity index is 874. The van der Waals surface area contributed by atoms with Crippen LogP contribution in [0.5, 0.6) is 0 Å². The van der Waals surface area contributed by atoms with Gasteiger partial charge in [-0.1, -0.05) is 11.6 Å². The van der Waals surface area contributed by atoms with Crippen LogP contribution in [0.2, 0.25) is 5.15 Å². The minimum atomic E-state index is -0.631. The topological polar surface area (TPSA) is 60.2 Å². The second-order valence-electron chi connectivity index (χ2n) is 7.65. The highest BCUT2D eigenvalue weighted by molar-refractivity contribution is 6.29. The highest BCUT2D eigenvalue weighted by Crippen LogP contribution is 2.36. The maximum atomic E-state index is 14.7. The highest BCUT2D eigenvalue weighted by atomic mass is 35.5. The Morgan fingerprint density at radius 3 is 2.52 bits per heavy atom. The Kier molecular flexibility index (Phi) is 5.85.